The lowest BCUT2D eigenvalue weighted by Gasteiger charge is -2.26. The number of fused-ring (bicyclic) bond motifs is 1. The van der Waals surface area contributed by atoms with Crippen LogP contribution in [0, 0.1) is 6.92 Å². The second kappa shape index (κ2) is 7.00. The van der Waals surface area contributed by atoms with Gasteiger partial charge in [0.05, 0.1) is 16.5 Å². The van der Waals surface area contributed by atoms with E-state index in [-0.39, 0.29) is 11.4 Å². The van der Waals surface area contributed by atoms with Crippen molar-refractivity contribution in [3.8, 4) is 0 Å². The topological polar surface area (TPSA) is 73.4 Å². The van der Waals surface area contributed by atoms with Crippen molar-refractivity contribution in [2.24, 2.45) is 0 Å². The first-order valence-corrected chi connectivity index (χ1v) is 10.4. The lowest BCUT2D eigenvalue weighted by molar-refractivity contribution is -0.117. The maximum absolute atomic E-state index is 13.3. The summed E-state index contributed by atoms with van der Waals surface area (Å²) in [6.07, 6.45) is 1.81. The molecule has 3 heterocycles. The number of amides is 1. The Labute approximate surface area is 176 Å². The van der Waals surface area contributed by atoms with Crippen molar-refractivity contribution in [3.05, 3.63) is 99.6 Å². The molecule has 2 aromatic heterocycles. The first kappa shape index (κ1) is 18.4. The summed E-state index contributed by atoms with van der Waals surface area (Å²) in [6.45, 7) is 1.97. The summed E-state index contributed by atoms with van der Waals surface area (Å²) >= 11 is 1.29. The van der Waals surface area contributed by atoms with Gasteiger partial charge in [0.25, 0.3) is 5.91 Å². The number of aryl methyl sites for hydroxylation is 1. The second-order valence-electron chi connectivity index (χ2n) is 7.27. The first-order valence-electron chi connectivity index (χ1n) is 9.54. The van der Waals surface area contributed by atoms with Crippen molar-refractivity contribution < 1.29 is 14.7 Å². The Hall–Kier alpha value is -3.64. The van der Waals surface area contributed by atoms with Gasteiger partial charge >= 0.3 is 0 Å². The van der Waals surface area contributed by atoms with Crippen LogP contribution in [-0.2, 0) is 4.79 Å². The van der Waals surface area contributed by atoms with E-state index < -0.39 is 17.7 Å². The van der Waals surface area contributed by atoms with E-state index in [1.165, 1.54) is 16.2 Å². The maximum atomic E-state index is 13.3. The van der Waals surface area contributed by atoms with E-state index in [0.717, 1.165) is 22.0 Å². The number of Topliss-reactive ketones (excluding diaryl/α,β-unsaturated/α-hetero) is 1. The number of rotatable bonds is 4. The number of H-pyrrole nitrogens is 1. The fraction of sp³-hybridized carbons (Fsp3) is 0.0833. The molecule has 30 heavy (non-hydrogen) atoms. The number of aliphatic hydroxyl groups excluding tert-OH is 1. The third-order valence-electron chi connectivity index (χ3n) is 5.43. The molecular formula is C24H18N2O3S. The first-order chi connectivity index (χ1) is 14.6. The van der Waals surface area contributed by atoms with E-state index in [0.29, 0.717) is 10.6 Å². The van der Waals surface area contributed by atoms with Crippen LogP contribution in [0.1, 0.15) is 26.8 Å². The van der Waals surface area contributed by atoms with Crippen molar-refractivity contribution >= 4 is 39.6 Å². The molecule has 1 atom stereocenters. The molecule has 0 radical (unpaired) electrons. The van der Waals surface area contributed by atoms with Gasteiger partial charge in [0, 0.05) is 28.4 Å². The fourth-order valence-electron chi connectivity index (χ4n) is 3.96. The molecule has 6 heteroatoms. The predicted octanol–water partition coefficient (Wildman–Crippen LogP) is 5.32. The lowest BCUT2D eigenvalue weighted by Crippen LogP contribution is -2.30. The molecule has 1 amide bonds. The van der Waals surface area contributed by atoms with Crippen LogP contribution in [0.25, 0.3) is 10.9 Å². The lowest BCUT2D eigenvalue weighted by atomic mass is 9.94. The number of thiophene rings is 1. The van der Waals surface area contributed by atoms with Crippen LogP contribution in [-0.4, -0.2) is 21.8 Å². The Bertz CT molecular complexity index is 1300. The summed E-state index contributed by atoms with van der Waals surface area (Å²) in [6, 6.07) is 18.0. The SMILES string of the molecule is Cc1ccc(N2C(=O)C(O)=C(C(=O)c3cccs3)C2c2c[nH]c3ccccc23)cc1. The summed E-state index contributed by atoms with van der Waals surface area (Å²) in [5, 5.41) is 13.5. The van der Waals surface area contributed by atoms with Gasteiger partial charge in [0.1, 0.15) is 0 Å². The molecule has 1 aliphatic heterocycles. The van der Waals surface area contributed by atoms with Gasteiger partial charge in [-0.3, -0.25) is 14.5 Å². The highest BCUT2D eigenvalue weighted by Crippen LogP contribution is 2.44. The van der Waals surface area contributed by atoms with E-state index in [2.05, 4.69) is 4.98 Å². The van der Waals surface area contributed by atoms with Gasteiger partial charge in [-0.25, -0.2) is 0 Å². The molecule has 0 bridgehead atoms. The predicted molar refractivity (Wildman–Crippen MR) is 118 cm³/mol. The molecule has 0 spiro atoms. The molecule has 2 aromatic carbocycles. The summed E-state index contributed by atoms with van der Waals surface area (Å²) in [7, 11) is 0. The number of carbonyl (C=O) groups is 2. The van der Waals surface area contributed by atoms with Crippen molar-refractivity contribution in [2.75, 3.05) is 4.90 Å². The van der Waals surface area contributed by atoms with E-state index in [1.807, 2.05) is 61.7 Å². The van der Waals surface area contributed by atoms with Crippen LogP contribution in [0.5, 0.6) is 0 Å². The molecule has 0 saturated carbocycles. The number of benzene rings is 2. The molecule has 0 aliphatic carbocycles. The van der Waals surface area contributed by atoms with Crippen molar-refractivity contribution in [1.29, 1.82) is 0 Å². The third-order valence-corrected chi connectivity index (χ3v) is 6.29. The zero-order valence-corrected chi connectivity index (χ0v) is 16.9. The number of para-hydroxylation sites is 1. The standard InChI is InChI=1S/C24H18N2O3S/c1-14-8-10-15(11-9-14)26-21(17-13-25-18-6-3-2-5-16(17)18)20(23(28)24(26)29)22(27)19-7-4-12-30-19/h2-13,21,25,28H,1H3. The Morgan fingerprint density at radius 3 is 2.57 bits per heavy atom. The number of nitrogens with zero attached hydrogens (tertiary/aromatic N) is 1. The molecule has 1 unspecified atom stereocenters. The maximum Gasteiger partial charge on any atom is 0.294 e. The zero-order valence-electron chi connectivity index (χ0n) is 16.1. The quantitative estimate of drug-likeness (QED) is 0.444. The number of hydrogen-bond donors (Lipinski definition) is 2. The minimum Gasteiger partial charge on any atom is -0.503 e. The van der Waals surface area contributed by atoms with Gasteiger partial charge in [-0.2, -0.15) is 0 Å². The number of aromatic nitrogens is 1. The van der Waals surface area contributed by atoms with Gasteiger partial charge < -0.3 is 10.1 Å². The fourth-order valence-corrected chi connectivity index (χ4v) is 4.64. The van der Waals surface area contributed by atoms with Gasteiger partial charge in [-0.1, -0.05) is 42.0 Å². The number of carbonyl (C=O) groups excluding carboxylic acids is 2. The summed E-state index contributed by atoms with van der Waals surface area (Å²) in [5.74, 6) is -1.40. The molecule has 5 rings (SSSR count). The van der Waals surface area contributed by atoms with E-state index in [4.69, 9.17) is 0 Å². The van der Waals surface area contributed by atoms with Crippen molar-refractivity contribution in [3.63, 3.8) is 0 Å². The number of aliphatic hydroxyl groups is 1. The third kappa shape index (κ3) is 2.76. The van der Waals surface area contributed by atoms with E-state index >= 15 is 0 Å². The number of anilines is 1. The van der Waals surface area contributed by atoms with Gasteiger partial charge in [0.2, 0.25) is 5.78 Å². The number of hydrogen-bond acceptors (Lipinski definition) is 4. The van der Waals surface area contributed by atoms with Gasteiger partial charge in [0.15, 0.2) is 5.76 Å². The Kier molecular flexibility index (Phi) is 4.29. The second-order valence-corrected chi connectivity index (χ2v) is 8.22. The highest BCUT2D eigenvalue weighted by atomic mass is 32.1. The van der Waals surface area contributed by atoms with Crippen molar-refractivity contribution in [1.82, 2.24) is 4.98 Å². The minimum absolute atomic E-state index is 0.104. The number of ketones is 1. The highest BCUT2D eigenvalue weighted by Gasteiger charge is 2.45. The minimum atomic E-state index is -0.731. The molecule has 148 valence electrons. The van der Waals surface area contributed by atoms with Crippen LogP contribution in [0.2, 0.25) is 0 Å². The normalized spacial score (nSPS) is 16.6. The van der Waals surface area contributed by atoms with Crippen LogP contribution in [0.3, 0.4) is 0 Å². The molecule has 0 saturated heterocycles. The average Bonchev–Trinajstić information content (AvgIpc) is 3.48. The number of aromatic amines is 1. The van der Waals surface area contributed by atoms with Crippen LogP contribution < -0.4 is 4.90 Å². The Balaban J connectivity index is 1.73. The zero-order chi connectivity index (χ0) is 20.8. The average molecular weight is 414 g/mol. The van der Waals surface area contributed by atoms with Crippen LogP contribution >= 0.6 is 11.3 Å². The summed E-state index contributed by atoms with van der Waals surface area (Å²) in [5.41, 5.74) is 3.46. The number of nitrogens with one attached hydrogen (secondary N) is 1. The van der Waals surface area contributed by atoms with E-state index in [1.54, 1.807) is 17.5 Å². The van der Waals surface area contributed by atoms with Gasteiger partial charge in [-0.05, 0) is 36.6 Å². The Morgan fingerprint density at radius 2 is 1.83 bits per heavy atom. The highest BCUT2D eigenvalue weighted by molar-refractivity contribution is 7.12. The Morgan fingerprint density at radius 1 is 1.07 bits per heavy atom. The largest absolute Gasteiger partial charge is 0.503 e. The molecular weight excluding hydrogens is 396 g/mol. The van der Waals surface area contributed by atoms with E-state index in [9.17, 15) is 14.7 Å². The molecule has 2 N–H and O–H groups in total. The smallest absolute Gasteiger partial charge is 0.294 e. The molecule has 1 aliphatic rings. The summed E-state index contributed by atoms with van der Waals surface area (Å²) in [4.78, 5) is 31.7. The molecule has 5 nitrogen and oxygen atoms in total. The monoisotopic (exact) mass is 414 g/mol. The molecule has 0 fully saturated rings. The van der Waals surface area contributed by atoms with Crippen molar-refractivity contribution in [2.45, 2.75) is 13.0 Å². The molecule has 4 aromatic rings. The van der Waals surface area contributed by atoms with Gasteiger partial charge in [-0.15, -0.1) is 11.3 Å². The summed E-state index contributed by atoms with van der Waals surface area (Å²) < 4.78 is 0. The van der Waals surface area contributed by atoms with Crippen LogP contribution in [0.4, 0.5) is 5.69 Å². The van der Waals surface area contributed by atoms with Crippen LogP contribution in [0.15, 0.2) is 83.6 Å².